The molecular weight excluding hydrogens is 309 g/mol. The van der Waals surface area contributed by atoms with Gasteiger partial charge in [-0.05, 0) is 43.0 Å². The van der Waals surface area contributed by atoms with Crippen molar-refractivity contribution in [1.29, 1.82) is 0 Å². The van der Waals surface area contributed by atoms with Crippen molar-refractivity contribution in [2.75, 3.05) is 26.8 Å². The third-order valence-electron chi connectivity index (χ3n) is 3.14. The van der Waals surface area contributed by atoms with Crippen molar-refractivity contribution >= 4 is 15.9 Å². The SMILES string of the molecule is CCCC(CNCCOC)Cc1ccc(Br)cc1F. The van der Waals surface area contributed by atoms with E-state index in [1.165, 1.54) is 6.07 Å². The zero-order valence-corrected chi connectivity index (χ0v) is 13.3. The van der Waals surface area contributed by atoms with Crippen LogP contribution in [0.2, 0.25) is 0 Å². The first-order valence-electron chi connectivity index (χ1n) is 6.81. The Kier molecular flexibility index (Phi) is 8.26. The van der Waals surface area contributed by atoms with E-state index in [9.17, 15) is 4.39 Å². The van der Waals surface area contributed by atoms with Gasteiger partial charge in [-0.15, -0.1) is 0 Å². The van der Waals surface area contributed by atoms with Crippen LogP contribution in [0.4, 0.5) is 4.39 Å². The highest BCUT2D eigenvalue weighted by Crippen LogP contribution is 2.20. The maximum absolute atomic E-state index is 13.8. The molecule has 1 rings (SSSR count). The summed E-state index contributed by atoms with van der Waals surface area (Å²) >= 11 is 3.29. The van der Waals surface area contributed by atoms with Crippen LogP contribution in [0.15, 0.2) is 22.7 Å². The van der Waals surface area contributed by atoms with Crippen LogP contribution in [0.3, 0.4) is 0 Å². The largest absolute Gasteiger partial charge is 0.383 e. The molecule has 2 nitrogen and oxygen atoms in total. The van der Waals surface area contributed by atoms with Gasteiger partial charge < -0.3 is 10.1 Å². The van der Waals surface area contributed by atoms with Crippen molar-refractivity contribution in [2.45, 2.75) is 26.2 Å². The maximum Gasteiger partial charge on any atom is 0.127 e. The van der Waals surface area contributed by atoms with Crippen LogP contribution in [0, 0.1) is 11.7 Å². The van der Waals surface area contributed by atoms with E-state index < -0.39 is 0 Å². The summed E-state index contributed by atoms with van der Waals surface area (Å²) in [4.78, 5) is 0. The van der Waals surface area contributed by atoms with Crippen molar-refractivity contribution in [3.63, 3.8) is 0 Å². The molecule has 0 saturated heterocycles. The van der Waals surface area contributed by atoms with Gasteiger partial charge >= 0.3 is 0 Å². The minimum atomic E-state index is -0.118. The van der Waals surface area contributed by atoms with Crippen molar-refractivity contribution < 1.29 is 9.13 Å². The van der Waals surface area contributed by atoms with Crippen LogP contribution in [-0.2, 0) is 11.2 Å². The van der Waals surface area contributed by atoms with Gasteiger partial charge in [0.25, 0.3) is 0 Å². The molecule has 19 heavy (non-hydrogen) atoms. The number of methoxy groups -OCH3 is 1. The fourth-order valence-electron chi connectivity index (χ4n) is 2.16. The van der Waals surface area contributed by atoms with Gasteiger partial charge in [0.15, 0.2) is 0 Å². The van der Waals surface area contributed by atoms with E-state index in [2.05, 4.69) is 28.2 Å². The van der Waals surface area contributed by atoms with E-state index in [4.69, 9.17) is 4.74 Å². The fourth-order valence-corrected chi connectivity index (χ4v) is 2.50. The lowest BCUT2D eigenvalue weighted by Crippen LogP contribution is -2.27. The Morgan fingerprint density at radius 3 is 2.84 bits per heavy atom. The molecule has 0 aliphatic carbocycles. The summed E-state index contributed by atoms with van der Waals surface area (Å²) in [5, 5.41) is 3.37. The Labute approximate surface area is 123 Å². The second-order valence-electron chi connectivity index (χ2n) is 4.79. The normalized spacial score (nSPS) is 12.6. The Morgan fingerprint density at radius 2 is 2.21 bits per heavy atom. The van der Waals surface area contributed by atoms with Crippen LogP contribution in [0.1, 0.15) is 25.3 Å². The van der Waals surface area contributed by atoms with Gasteiger partial charge in [-0.3, -0.25) is 0 Å². The van der Waals surface area contributed by atoms with Crippen molar-refractivity contribution in [2.24, 2.45) is 5.92 Å². The number of hydrogen-bond acceptors (Lipinski definition) is 2. The molecule has 1 unspecified atom stereocenters. The van der Waals surface area contributed by atoms with Gasteiger partial charge in [-0.1, -0.05) is 35.3 Å². The molecule has 1 aromatic rings. The van der Waals surface area contributed by atoms with Crippen molar-refractivity contribution in [1.82, 2.24) is 5.32 Å². The number of nitrogens with one attached hydrogen (secondary N) is 1. The molecule has 0 aromatic heterocycles. The van der Waals surface area contributed by atoms with Crippen LogP contribution in [-0.4, -0.2) is 26.8 Å². The van der Waals surface area contributed by atoms with Gasteiger partial charge in [0.05, 0.1) is 6.61 Å². The average molecular weight is 332 g/mol. The Hall–Kier alpha value is -0.450. The van der Waals surface area contributed by atoms with E-state index in [1.807, 2.05) is 12.1 Å². The summed E-state index contributed by atoms with van der Waals surface area (Å²) in [7, 11) is 1.70. The highest BCUT2D eigenvalue weighted by molar-refractivity contribution is 9.10. The third-order valence-corrected chi connectivity index (χ3v) is 3.63. The Morgan fingerprint density at radius 1 is 1.42 bits per heavy atom. The van der Waals surface area contributed by atoms with Crippen LogP contribution in [0.5, 0.6) is 0 Å². The van der Waals surface area contributed by atoms with Crippen LogP contribution in [0.25, 0.3) is 0 Å². The van der Waals surface area contributed by atoms with E-state index in [0.29, 0.717) is 12.5 Å². The number of hydrogen-bond donors (Lipinski definition) is 1. The van der Waals surface area contributed by atoms with E-state index in [0.717, 1.165) is 42.4 Å². The van der Waals surface area contributed by atoms with Crippen LogP contribution >= 0.6 is 15.9 Å². The molecule has 0 radical (unpaired) electrons. The molecule has 0 spiro atoms. The topological polar surface area (TPSA) is 21.3 Å². The first-order valence-corrected chi connectivity index (χ1v) is 7.60. The van der Waals surface area contributed by atoms with Crippen molar-refractivity contribution in [3.05, 3.63) is 34.1 Å². The summed E-state index contributed by atoms with van der Waals surface area (Å²) < 4.78 is 19.6. The average Bonchev–Trinajstić information content (AvgIpc) is 2.38. The molecular formula is C15H23BrFNO. The van der Waals surface area contributed by atoms with E-state index >= 15 is 0 Å². The minimum absolute atomic E-state index is 0.118. The molecule has 0 aliphatic rings. The molecule has 108 valence electrons. The molecule has 0 amide bonds. The van der Waals surface area contributed by atoms with E-state index in [-0.39, 0.29) is 5.82 Å². The van der Waals surface area contributed by atoms with Gasteiger partial charge in [0.2, 0.25) is 0 Å². The molecule has 0 heterocycles. The highest BCUT2D eigenvalue weighted by Gasteiger charge is 2.12. The number of ether oxygens (including phenoxy) is 1. The molecule has 4 heteroatoms. The van der Waals surface area contributed by atoms with Gasteiger partial charge in [-0.25, -0.2) is 4.39 Å². The monoisotopic (exact) mass is 331 g/mol. The summed E-state index contributed by atoms with van der Waals surface area (Å²) in [5.41, 5.74) is 0.801. The summed E-state index contributed by atoms with van der Waals surface area (Å²) in [6.07, 6.45) is 3.01. The summed E-state index contributed by atoms with van der Waals surface area (Å²) in [5.74, 6) is 0.352. The molecule has 1 N–H and O–H groups in total. The molecule has 0 fully saturated rings. The lowest BCUT2D eigenvalue weighted by Gasteiger charge is -2.17. The first kappa shape index (κ1) is 16.6. The number of rotatable bonds is 9. The lowest BCUT2D eigenvalue weighted by molar-refractivity contribution is 0.197. The predicted octanol–water partition coefficient (Wildman–Crippen LogP) is 3.78. The Balaban J connectivity index is 2.51. The lowest BCUT2D eigenvalue weighted by atomic mass is 9.94. The first-order chi connectivity index (χ1) is 9.17. The van der Waals surface area contributed by atoms with Gasteiger partial charge in [0, 0.05) is 18.1 Å². The second-order valence-corrected chi connectivity index (χ2v) is 5.71. The zero-order valence-electron chi connectivity index (χ0n) is 11.7. The summed E-state index contributed by atoms with van der Waals surface area (Å²) in [6, 6.07) is 5.31. The predicted molar refractivity (Wildman–Crippen MR) is 80.9 cm³/mol. The Bertz CT molecular complexity index is 373. The molecule has 0 saturated carbocycles. The maximum atomic E-state index is 13.8. The zero-order chi connectivity index (χ0) is 14.1. The van der Waals surface area contributed by atoms with Crippen molar-refractivity contribution in [3.8, 4) is 0 Å². The molecule has 1 aromatic carbocycles. The molecule has 0 bridgehead atoms. The molecule has 1 atom stereocenters. The van der Waals surface area contributed by atoms with Crippen LogP contribution < -0.4 is 5.32 Å². The quantitative estimate of drug-likeness (QED) is 0.695. The smallest absolute Gasteiger partial charge is 0.127 e. The van der Waals surface area contributed by atoms with Gasteiger partial charge in [-0.2, -0.15) is 0 Å². The minimum Gasteiger partial charge on any atom is -0.383 e. The van der Waals surface area contributed by atoms with E-state index in [1.54, 1.807) is 7.11 Å². The highest BCUT2D eigenvalue weighted by atomic mass is 79.9. The number of benzene rings is 1. The standard InChI is InChI=1S/C15H23BrFNO/c1-3-4-12(11-18-7-8-19-2)9-13-5-6-14(16)10-15(13)17/h5-6,10,12,18H,3-4,7-9,11H2,1-2H3. The summed E-state index contributed by atoms with van der Waals surface area (Å²) in [6.45, 7) is 4.64. The molecule has 0 aliphatic heterocycles. The fraction of sp³-hybridized carbons (Fsp3) is 0.600. The second kappa shape index (κ2) is 9.45. The van der Waals surface area contributed by atoms with Gasteiger partial charge in [0.1, 0.15) is 5.82 Å². The number of halogens is 2. The third kappa shape index (κ3) is 6.50.